The fraction of sp³-hybridized carbons (Fsp3) is 0.778. The van der Waals surface area contributed by atoms with Crippen molar-refractivity contribution in [3.05, 3.63) is 11.6 Å². The molecular weight excluding hydrogens is 164 g/mol. The molecule has 1 aromatic heterocycles. The van der Waals surface area contributed by atoms with Gasteiger partial charge >= 0.3 is 0 Å². The maximum atomic E-state index is 5.54. The molecular formula is C9H16N4. The van der Waals surface area contributed by atoms with Gasteiger partial charge in [0.25, 0.3) is 0 Å². The maximum Gasteiger partial charge on any atom is 0.147 e. The maximum absolute atomic E-state index is 5.54. The van der Waals surface area contributed by atoms with E-state index in [1.165, 1.54) is 6.42 Å². The van der Waals surface area contributed by atoms with Crippen molar-refractivity contribution in [3.8, 4) is 0 Å². The number of hydrogen-bond acceptors (Lipinski definition) is 3. The van der Waals surface area contributed by atoms with E-state index in [0.29, 0.717) is 5.92 Å². The third-order valence-electron chi connectivity index (χ3n) is 2.64. The summed E-state index contributed by atoms with van der Waals surface area (Å²) in [6.45, 7) is 3.74. The van der Waals surface area contributed by atoms with Gasteiger partial charge in [-0.3, -0.25) is 0 Å². The molecule has 1 aromatic rings. The average Bonchev–Trinajstić information content (AvgIpc) is 2.44. The normalized spacial score (nSPS) is 21.5. The Balaban J connectivity index is 2.10. The van der Waals surface area contributed by atoms with E-state index in [1.807, 2.05) is 11.6 Å². The number of fused-ring (bicyclic) bond motifs is 1. The van der Waals surface area contributed by atoms with Crippen molar-refractivity contribution in [2.24, 2.45) is 11.7 Å². The van der Waals surface area contributed by atoms with Crippen LogP contribution >= 0.6 is 0 Å². The van der Waals surface area contributed by atoms with Crippen molar-refractivity contribution in [3.63, 3.8) is 0 Å². The Labute approximate surface area is 78.1 Å². The summed E-state index contributed by atoms with van der Waals surface area (Å²) in [6.07, 6.45) is 3.39. The Morgan fingerprint density at radius 3 is 3.23 bits per heavy atom. The summed E-state index contributed by atoms with van der Waals surface area (Å²) in [7, 11) is 0. The minimum absolute atomic E-state index is 0.707. The van der Waals surface area contributed by atoms with Crippen LogP contribution in [-0.2, 0) is 13.0 Å². The van der Waals surface area contributed by atoms with E-state index in [2.05, 4.69) is 10.1 Å². The van der Waals surface area contributed by atoms with Gasteiger partial charge in [-0.05, 0) is 32.2 Å². The molecule has 1 unspecified atom stereocenters. The van der Waals surface area contributed by atoms with Crippen LogP contribution in [0.2, 0.25) is 0 Å². The lowest BCUT2D eigenvalue weighted by molar-refractivity contribution is 0.328. The predicted molar refractivity (Wildman–Crippen MR) is 50.2 cm³/mol. The molecule has 0 aliphatic carbocycles. The van der Waals surface area contributed by atoms with Gasteiger partial charge in [0.1, 0.15) is 11.6 Å². The zero-order chi connectivity index (χ0) is 9.26. The quantitative estimate of drug-likeness (QED) is 0.721. The van der Waals surface area contributed by atoms with Gasteiger partial charge < -0.3 is 5.73 Å². The van der Waals surface area contributed by atoms with E-state index in [4.69, 9.17) is 5.73 Å². The Bertz CT molecular complexity index is 292. The van der Waals surface area contributed by atoms with E-state index in [1.54, 1.807) is 0 Å². The Hall–Kier alpha value is -0.900. The van der Waals surface area contributed by atoms with Crippen molar-refractivity contribution in [1.82, 2.24) is 14.8 Å². The third-order valence-corrected chi connectivity index (χ3v) is 2.64. The summed E-state index contributed by atoms with van der Waals surface area (Å²) in [6, 6.07) is 0. The molecule has 0 saturated carbocycles. The number of nitrogens with zero attached hydrogens (tertiary/aromatic N) is 3. The number of aromatic nitrogens is 3. The standard InChI is InChI=1S/C9H16N4/c1-7-11-9-3-2-8(4-5-10)6-13(9)12-7/h8H,2-6,10H2,1H3. The van der Waals surface area contributed by atoms with Crippen molar-refractivity contribution in [2.45, 2.75) is 32.7 Å². The van der Waals surface area contributed by atoms with E-state index < -0.39 is 0 Å². The summed E-state index contributed by atoms with van der Waals surface area (Å²) in [4.78, 5) is 4.37. The highest BCUT2D eigenvalue weighted by atomic mass is 15.3. The Kier molecular flexibility index (Phi) is 2.31. The number of aryl methyl sites for hydroxylation is 2. The fourth-order valence-corrected chi connectivity index (χ4v) is 1.97. The van der Waals surface area contributed by atoms with Gasteiger partial charge in [0.15, 0.2) is 0 Å². The zero-order valence-corrected chi connectivity index (χ0v) is 8.03. The highest BCUT2D eigenvalue weighted by molar-refractivity contribution is 4.95. The van der Waals surface area contributed by atoms with Gasteiger partial charge in [-0.1, -0.05) is 0 Å². The van der Waals surface area contributed by atoms with Gasteiger partial charge in [-0.25, -0.2) is 9.67 Å². The number of rotatable bonds is 2. The van der Waals surface area contributed by atoms with Crippen LogP contribution < -0.4 is 5.73 Å². The van der Waals surface area contributed by atoms with Crippen LogP contribution in [-0.4, -0.2) is 21.3 Å². The molecule has 72 valence electrons. The van der Waals surface area contributed by atoms with Crippen LogP contribution in [0.4, 0.5) is 0 Å². The molecule has 2 rings (SSSR count). The first-order valence-corrected chi connectivity index (χ1v) is 4.90. The second-order valence-electron chi connectivity index (χ2n) is 3.74. The SMILES string of the molecule is Cc1nc2n(n1)CC(CCN)CC2. The lowest BCUT2D eigenvalue weighted by Crippen LogP contribution is -2.23. The molecule has 0 spiro atoms. The predicted octanol–water partition coefficient (Wildman–Crippen LogP) is 0.498. The summed E-state index contributed by atoms with van der Waals surface area (Å²) in [5.74, 6) is 2.74. The second kappa shape index (κ2) is 3.46. The summed E-state index contributed by atoms with van der Waals surface area (Å²) < 4.78 is 2.04. The van der Waals surface area contributed by atoms with Gasteiger partial charge in [0.2, 0.25) is 0 Å². The topological polar surface area (TPSA) is 56.7 Å². The molecule has 1 atom stereocenters. The molecule has 1 aliphatic rings. The van der Waals surface area contributed by atoms with Crippen LogP contribution in [0.15, 0.2) is 0 Å². The molecule has 0 fully saturated rings. The average molecular weight is 180 g/mol. The van der Waals surface area contributed by atoms with E-state index in [9.17, 15) is 0 Å². The second-order valence-corrected chi connectivity index (χ2v) is 3.74. The van der Waals surface area contributed by atoms with E-state index in [-0.39, 0.29) is 0 Å². The fourth-order valence-electron chi connectivity index (χ4n) is 1.97. The first kappa shape index (κ1) is 8.69. The van der Waals surface area contributed by atoms with Crippen molar-refractivity contribution >= 4 is 0 Å². The lowest BCUT2D eigenvalue weighted by Gasteiger charge is -2.21. The zero-order valence-electron chi connectivity index (χ0n) is 8.03. The molecule has 1 aliphatic heterocycles. The van der Waals surface area contributed by atoms with Gasteiger partial charge in [-0.2, -0.15) is 5.10 Å². The van der Waals surface area contributed by atoms with Crippen LogP contribution in [0, 0.1) is 12.8 Å². The van der Waals surface area contributed by atoms with Crippen molar-refractivity contribution in [1.29, 1.82) is 0 Å². The summed E-state index contributed by atoms with van der Waals surface area (Å²) in [5.41, 5.74) is 5.54. The molecule has 13 heavy (non-hydrogen) atoms. The molecule has 2 heterocycles. The third kappa shape index (κ3) is 1.72. The molecule has 0 aromatic carbocycles. The van der Waals surface area contributed by atoms with Crippen molar-refractivity contribution < 1.29 is 0 Å². The first-order valence-electron chi connectivity index (χ1n) is 4.90. The molecule has 0 bridgehead atoms. The number of hydrogen-bond donors (Lipinski definition) is 1. The Morgan fingerprint density at radius 1 is 1.62 bits per heavy atom. The van der Waals surface area contributed by atoms with Crippen LogP contribution in [0.1, 0.15) is 24.5 Å². The minimum Gasteiger partial charge on any atom is -0.330 e. The lowest BCUT2D eigenvalue weighted by atomic mass is 9.96. The van der Waals surface area contributed by atoms with Crippen LogP contribution in [0.25, 0.3) is 0 Å². The monoisotopic (exact) mass is 180 g/mol. The molecule has 0 saturated heterocycles. The minimum atomic E-state index is 0.707. The summed E-state index contributed by atoms with van der Waals surface area (Å²) in [5, 5.41) is 4.35. The van der Waals surface area contributed by atoms with Gasteiger partial charge in [0, 0.05) is 13.0 Å². The Morgan fingerprint density at radius 2 is 2.46 bits per heavy atom. The van der Waals surface area contributed by atoms with E-state index in [0.717, 1.165) is 37.6 Å². The molecule has 4 heteroatoms. The largest absolute Gasteiger partial charge is 0.330 e. The summed E-state index contributed by atoms with van der Waals surface area (Å²) >= 11 is 0. The molecule has 0 amide bonds. The highest BCUT2D eigenvalue weighted by Gasteiger charge is 2.19. The smallest absolute Gasteiger partial charge is 0.147 e. The first-order chi connectivity index (χ1) is 6.29. The van der Waals surface area contributed by atoms with Crippen LogP contribution in [0.5, 0.6) is 0 Å². The van der Waals surface area contributed by atoms with Crippen LogP contribution in [0.3, 0.4) is 0 Å². The van der Waals surface area contributed by atoms with Crippen molar-refractivity contribution in [2.75, 3.05) is 6.54 Å². The van der Waals surface area contributed by atoms with E-state index >= 15 is 0 Å². The van der Waals surface area contributed by atoms with Gasteiger partial charge in [-0.15, -0.1) is 0 Å². The molecule has 2 N–H and O–H groups in total. The number of nitrogens with two attached hydrogens (primary N) is 1. The molecule has 4 nitrogen and oxygen atoms in total. The highest BCUT2D eigenvalue weighted by Crippen LogP contribution is 2.20. The van der Waals surface area contributed by atoms with Gasteiger partial charge in [0.05, 0.1) is 0 Å². The molecule has 0 radical (unpaired) electrons.